The summed E-state index contributed by atoms with van der Waals surface area (Å²) in [4.78, 5) is 25.9. The molecule has 0 unspecified atom stereocenters. The number of rotatable bonds is 7. The average Bonchev–Trinajstić information content (AvgIpc) is 3.18. The van der Waals surface area contributed by atoms with Crippen molar-refractivity contribution in [3.05, 3.63) is 63.3 Å². The van der Waals surface area contributed by atoms with Crippen LogP contribution in [0.15, 0.2) is 42.5 Å². The third kappa shape index (κ3) is 4.43. The molecule has 0 radical (unpaired) electrons. The van der Waals surface area contributed by atoms with Gasteiger partial charge in [-0.1, -0.05) is 41.8 Å². The Morgan fingerprint density at radius 1 is 1.21 bits per heavy atom. The number of terminal acetylenes is 1. The highest BCUT2D eigenvalue weighted by molar-refractivity contribution is 7.15. The molecule has 0 aliphatic carbocycles. The summed E-state index contributed by atoms with van der Waals surface area (Å²) in [5.74, 6) is 2.00. The topological polar surface area (TPSA) is 84.9 Å². The van der Waals surface area contributed by atoms with Crippen LogP contribution in [0.5, 0.6) is 11.5 Å². The van der Waals surface area contributed by atoms with Crippen LogP contribution in [0.25, 0.3) is 11.1 Å². The summed E-state index contributed by atoms with van der Waals surface area (Å²) in [6.45, 7) is 4.39. The lowest BCUT2D eigenvalue weighted by atomic mass is 9.88. The van der Waals surface area contributed by atoms with Crippen molar-refractivity contribution in [2.45, 2.75) is 26.2 Å². The van der Waals surface area contributed by atoms with Crippen LogP contribution >= 0.6 is 11.3 Å². The number of hydrogen-bond donors (Lipinski definition) is 2. The number of fused-ring (bicyclic) bond motifs is 1. The Balaban J connectivity index is 1.84. The molecular weight excluding hydrogens is 438 g/mol. The predicted octanol–water partition coefficient (Wildman–Crippen LogP) is 5.31. The molecule has 2 aromatic carbocycles. The summed E-state index contributed by atoms with van der Waals surface area (Å²) in [6, 6.07) is 13.1. The second-order valence-corrected chi connectivity index (χ2v) is 8.71. The molecule has 1 aliphatic heterocycles. The van der Waals surface area contributed by atoms with Gasteiger partial charge in [0.2, 0.25) is 5.91 Å². The van der Waals surface area contributed by atoms with Crippen molar-refractivity contribution >= 4 is 28.9 Å². The fourth-order valence-corrected chi connectivity index (χ4v) is 5.20. The van der Waals surface area contributed by atoms with E-state index in [0.717, 1.165) is 21.6 Å². The molecule has 0 saturated heterocycles. The van der Waals surface area contributed by atoms with Gasteiger partial charge >= 0.3 is 5.97 Å². The van der Waals surface area contributed by atoms with E-state index in [4.69, 9.17) is 15.9 Å². The summed E-state index contributed by atoms with van der Waals surface area (Å²) in [5, 5.41) is 12.9. The van der Waals surface area contributed by atoms with Crippen molar-refractivity contribution < 1.29 is 24.2 Å². The fourth-order valence-electron chi connectivity index (χ4n) is 3.95. The Bertz CT molecular complexity index is 1250. The zero-order valence-corrected chi connectivity index (χ0v) is 19.1. The van der Waals surface area contributed by atoms with Crippen LogP contribution in [-0.2, 0) is 4.79 Å². The first-order chi connectivity index (χ1) is 15.9. The lowest BCUT2D eigenvalue weighted by Crippen LogP contribution is -2.22. The van der Waals surface area contributed by atoms with Gasteiger partial charge in [-0.25, -0.2) is 4.79 Å². The van der Waals surface area contributed by atoms with Gasteiger partial charge in [-0.2, -0.15) is 0 Å². The monoisotopic (exact) mass is 461 g/mol. The first kappa shape index (κ1) is 22.4. The number of ether oxygens (including phenoxy) is 2. The van der Waals surface area contributed by atoms with Crippen LogP contribution in [0.2, 0.25) is 0 Å². The van der Waals surface area contributed by atoms with Crippen molar-refractivity contribution in [2.75, 3.05) is 18.5 Å². The highest BCUT2D eigenvalue weighted by Gasteiger charge is 2.34. The number of aromatic carboxylic acids is 1. The summed E-state index contributed by atoms with van der Waals surface area (Å²) in [6.07, 6.45) is 5.51. The first-order valence-electron chi connectivity index (χ1n) is 10.5. The Morgan fingerprint density at radius 2 is 1.97 bits per heavy atom. The number of carboxylic acid groups (broad SMARTS) is 1. The Labute approximate surface area is 196 Å². The minimum absolute atomic E-state index is 0.113. The number of anilines is 1. The predicted molar refractivity (Wildman–Crippen MR) is 128 cm³/mol. The SMILES string of the molecule is C#CCOc1ccc([C@@H]2CC(=O)Nc3c2sc(C(=O)O)c3-c2ccc(C)cc2)cc1OCC. The van der Waals surface area contributed by atoms with E-state index in [-0.39, 0.29) is 29.7 Å². The number of aryl methyl sites for hydroxylation is 1. The van der Waals surface area contributed by atoms with Crippen LogP contribution in [0.3, 0.4) is 0 Å². The Kier molecular flexibility index (Phi) is 6.38. The van der Waals surface area contributed by atoms with Crippen molar-refractivity contribution in [3.63, 3.8) is 0 Å². The molecule has 1 atom stereocenters. The molecule has 7 heteroatoms. The van der Waals surface area contributed by atoms with Crippen LogP contribution in [-0.4, -0.2) is 30.2 Å². The molecule has 1 amide bonds. The van der Waals surface area contributed by atoms with E-state index in [0.29, 0.717) is 29.4 Å². The first-order valence-corrected chi connectivity index (χ1v) is 11.3. The zero-order valence-electron chi connectivity index (χ0n) is 18.3. The normalized spacial score (nSPS) is 14.7. The second kappa shape index (κ2) is 9.39. The molecule has 0 fully saturated rings. The van der Waals surface area contributed by atoms with Gasteiger partial charge in [-0.05, 0) is 37.1 Å². The molecule has 6 nitrogen and oxygen atoms in total. The molecule has 2 N–H and O–H groups in total. The summed E-state index contributed by atoms with van der Waals surface area (Å²) >= 11 is 1.20. The maximum absolute atomic E-state index is 12.7. The number of carbonyl (C=O) groups is 2. The molecular formula is C26H23NO5S. The molecule has 0 saturated carbocycles. The van der Waals surface area contributed by atoms with E-state index in [1.54, 1.807) is 6.07 Å². The van der Waals surface area contributed by atoms with Crippen LogP contribution < -0.4 is 14.8 Å². The third-order valence-corrected chi connectivity index (χ3v) is 6.71. The third-order valence-electron chi connectivity index (χ3n) is 5.42. The van der Waals surface area contributed by atoms with Crippen LogP contribution in [0.1, 0.15) is 44.9 Å². The molecule has 2 heterocycles. The summed E-state index contributed by atoms with van der Waals surface area (Å²) < 4.78 is 11.3. The minimum Gasteiger partial charge on any atom is -0.490 e. The van der Waals surface area contributed by atoms with Gasteiger partial charge in [-0.3, -0.25) is 4.79 Å². The highest BCUT2D eigenvalue weighted by atomic mass is 32.1. The van der Waals surface area contributed by atoms with E-state index in [2.05, 4.69) is 11.2 Å². The number of carbonyl (C=O) groups excluding carboxylic acids is 1. The molecule has 33 heavy (non-hydrogen) atoms. The van der Waals surface area contributed by atoms with Crippen molar-refractivity contribution in [1.29, 1.82) is 0 Å². The molecule has 1 aliphatic rings. The van der Waals surface area contributed by atoms with Gasteiger partial charge in [0.15, 0.2) is 11.5 Å². The van der Waals surface area contributed by atoms with E-state index < -0.39 is 5.97 Å². The lowest BCUT2D eigenvalue weighted by Gasteiger charge is -2.24. The van der Waals surface area contributed by atoms with Crippen molar-refractivity contribution in [2.24, 2.45) is 0 Å². The molecule has 0 bridgehead atoms. The largest absolute Gasteiger partial charge is 0.490 e. The number of thiophene rings is 1. The standard InChI is InChI=1S/C26H23NO5S/c1-4-12-32-19-11-10-17(13-20(19)31-5-2)18-14-21(28)27-23-22(16-8-6-15(3)7-9-16)25(26(29)30)33-24(18)23/h1,6-11,13,18H,5,12,14H2,2-3H3,(H,27,28)(H,29,30)/t18-/m0/s1. The van der Waals surface area contributed by atoms with Gasteiger partial charge < -0.3 is 19.9 Å². The van der Waals surface area contributed by atoms with Crippen molar-refractivity contribution in [3.8, 4) is 35.0 Å². The van der Waals surface area contributed by atoms with Crippen molar-refractivity contribution in [1.82, 2.24) is 0 Å². The number of amides is 1. The molecule has 168 valence electrons. The smallest absolute Gasteiger partial charge is 0.346 e. The van der Waals surface area contributed by atoms with E-state index in [1.807, 2.05) is 50.2 Å². The summed E-state index contributed by atoms with van der Waals surface area (Å²) in [7, 11) is 0. The maximum Gasteiger partial charge on any atom is 0.346 e. The fraction of sp³-hybridized carbons (Fsp3) is 0.231. The van der Waals surface area contributed by atoms with E-state index in [9.17, 15) is 14.7 Å². The molecule has 4 rings (SSSR count). The minimum atomic E-state index is -1.02. The molecule has 0 spiro atoms. The van der Waals surface area contributed by atoms with Gasteiger partial charge in [0.05, 0.1) is 12.3 Å². The quantitative estimate of drug-likeness (QED) is 0.466. The zero-order chi connectivity index (χ0) is 23.5. The average molecular weight is 462 g/mol. The van der Waals surface area contributed by atoms with Gasteiger partial charge in [0.1, 0.15) is 11.5 Å². The summed E-state index contributed by atoms with van der Waals surface area (Å²) in [5.41, 5.74) is 3.77. The van der Waals surface area contributed by atoms with Gasteiger partial charge in [0.25, 0.3) is 0 Å². The second-order valence-electron chi connectivity index (χ2n) is 7.65. The highest BCUT2D eigenvalue weighted by Crippen LogP contribution is 2.50. The van der Waals surface area contributed by atoms with E-state index in [1.165, 1.54) is 11.3 Å². The van der Waals surface area contributed by atoms with E-state index >= 15 is 0 Å². The number of carboxylic acids is 1. The van der Waals surface area contributed by atoms with Crippen LogP contribution in [0, 0.1) is 19.3 Å². The molecule has 1 aromatic heterocycles. The lowest BCUT2D eigenvalue weighted by molar-refractivity contribution is -0.116. The number of hydrogen-bond acceptors (Lipinski definition) is 5. The number of nitrogens with one attached hydrogen (secondary N) is 1. The maximum atomic E-state index is 12.7. The van der Waals surface area contributed by atoms with Gasteiger partial charge in [-0.15, -0.1) is 17.8 Å². The molecule has 3 aromatic rings. The Hall–Kier alpha value is -3.76. The number of benzene rings is 2. The Morgan fingerprint density at radius 3 is 2.64 bits per heavy atom. The van der Waals surface area contributed by atoms with Gasteiger partial charge in [0, 0.05) is 22.8 Å². The van der Waals surface area contributed by atoms with Crippen LogP contribution in [0.4, 0.5) is 5.69 Å².